The minimum Gasteiger partial charge on any atom is -0.398 e. The van der Waals surface area contributed by atoms with Gasteiger partial charge in [0.25, 0.3) is 0 Å². The van der Waals surface area contributed by atoms with Crippen molar-refractivity contribution in [3.63, 3.8) is 0 Å². The zero-order valence-electron chi connectivity index (χ0n) is 19.3. The zero-order chi connectivity index (χ0) is 23.8. The van der Waals surface area contributed by atoms with Crippen LogP contribution < -0.4 is 16.8 Å². The van der Waals surface area contributed by atoms with Gasteiger partial charge in [0.15, 0.2) is 0 Å². The number of hydrogen-bond acceptors (Lipinski definition) is 7. The Morgan fingerprint density at radius 3 is 2.55 bits per heavy atom. The van der Waals surface area contributed by atoms with Crippen molar-refractivity contribution in [2.24, 2.45) is 10.7 Å². The molecule has 0 aliphatic heterocycles. The molecule has 0 bridgehead atoms. The van der Waals surface area contributed by atoms with Crippen LogP contribution in [0.25, 0.3) is 0 Å². The fraction of sp³-hybridized carbons (Fsp3) is 0.385. The monoisotopic (exact) mass is 445 g/mol. The quantitative estimate of drug-likeness (QED) is 0.245. The molecule has 2 aromatic carbocycles. The summed E-state index contributed by atoms with van der Waals surface area (Å²) in [5.41, 5.74) is 16.4. The van der Waals surface area contributed by atoms with E-state index in [4.69, 9.17) is 27.7 Å². The van der Waals surface area contributed by atoms with Gasteiger partial charge in [0.1, 0.15) is 0 Å². The van der Waals surface area contributed by atoms with E-state index in [0.29, 0.717) is 29.8 Å². The number of benzene rings is 2. The lowest BCUT2D eigenvalue weighted by molar-refractivity contribution is 0.342. The Morgan fingerprint density at radius 2 is 1.85 bits per heavy atom. The number of aliphatic imine (C=N–C) groups is 1. The molecule has 3 rings (SSSR count). The van der Waals surface area contributed by atoms with Crippen molar-refractivity contribution in [2.45, 2.75) is 56.7 Å². The molecule has 33 heavy (non-hydrogen) atoms. The lowest BCUT2D eigenvalue weighted by Crippen LogP contribution is -2.37. The van der Waals surface area contributed by atoms with E-state index in [0.717, 1.165) is 43.4 Å². The number of nitrogens with zero attached hydrogens (tertiary/aromatic N) is 1. The molecule has 7 nitrogen and oxygen atoms in total. The van der Waals surface area contributed by atoms with E-state index in [2.05, 4.69) is 22.4 Å². The molecule has 1 unspecified atom stereocenters. The highest BCUT2D eigenvalue weighted by atomic mass is 14.9. The minimum absolute atomic E-state index is 0.105. The Hall–Kier alpha value is -3.16. The summed E-state index contributed by atoms with van der Waals surface area (Å²) in [6.07, 6.45) is 7.73. The van der Waals surface area contributed by atoms with Crippen molar-refractivity contribution < 1.29 is 0 Å². The van der Waals surface area contributed by atoms with Gasteiger partial charge in [-0.3, -0.25) is 10.4 Å². The number of nitrogen functional groups attached to an aromatic ring is 1. The molecule has 1 atom stereocenters. The molecule has 2 aromatic rings. The predicted octanol–water partition coefficient (Wildman–Crippen LogP) is 3.69. The van der Waals surface area contributed by atoms with Crippen molar-refractivity contribution in [2.75, 3.05) is 12.8 Å². The van der Waals surface area contributed by atoms with Crippen LogP contribution in [0.4, 0.5) is 5.69 Å². The minimum atomic E-state index is -0.277. The number of nitrogens with one attached hydrogen (secondary N) is 4. The third kappa shape index (κ3) is 6.66. The van der Waals surface area contributed by atoms with Gasteiger partial charge in [-0.1, -0.05) is 30.3 Å². The molecule has 0 spiro atoms. The molecular formula is C26H35N7. The second-order valence-electron chi connectivity index (χ2n) is 8.79. The highest BCUT2D eigenvalue weighted by Crippen LogP contribution is 2.21. The number of rotatable bonds is 10. The van der Waals surface area contributed by atoms with Gasteiger partial charge in [-0.15, -0.1) is 0 Å². The third-order valence-corrected chi connectivity index (χ3v) is 6.26. The largest absolute Gasteiger partial charge is 0.398 e. The van der Waals surface area contributed by atoms with E-state index >= 15 is 0 Å². The first-order valence-electron chi connectivity index (χ1n) is 11.5. The van der Waals surface area contributed by atoms with Crippen molar-refractivity contribution in [1.29, 1.82) is 16.2 Å². The summed E-state index contributed by atoms with van der Waals surface area (Å²) in [6.45, 7) is 0.789. The zero-order valence-corrected chi connectivity index (χ0v) is 19.3. The molecule has 1 aliphatic carbocycles. The molecule has 8 N–H and O–H groups in total. The van der Waals surface area contributed by atoms with Crippen LogP contribution in [0.5, 0.6) is 0 Å². The van der Waals surface area contributed by atoms with Gasteiger partial charge in [0.05, 0.1) is 17.3 Å². The van der Waals surface area contributed by atoms with E-state index in [1.165, 1.54) is 11.8 Å². The lowest BCUT2D eigenvalue weighted by atomic mass is 9.91. The summed E-state index contributed by atoms with van der Waals surface area (Å²) < 4.78 is 0. The molecule has 1 aliphatic rings. The van der Waals surface area contributed by atoms with Gasteiger partial charge < -0.3 is 27.6 Å². The fourth-order valence-electron chi connectivity index (χ4n) is 4.27. The van der Waals surface area contributed by atoms with Gasteiger partial charge in [0, 0.05) is 55.8 Å². The molecule has 0 heterocycles. The maximum Gasteiger partial charge on any atom is 0.0844 e. The van der Waals surface area contributed by atoms with Crippen LogP contribution in [0.3, 0.4) is 0 Å². The molecular weight excluding hydrogens is 410 g/mol. The molecule has 174 valence electrons. The standard InChI is InChI=1S/C26H35N7/c1-32-16-20(14-27)19-5-10-24(29)23(13-19)26(31)25(30)12-17-3-2-4-18(11-17)15-33-22-8-6-21(28)7-9-22/h2-5,10-11,13-14,16,20-22,27,30-31,33H,6-9,12,15,28-29H2,1H3. The maximum atomic E-state index is 8.59. The number of hydrogen-bond donors (Lipinski definition) is 6. The Labute approximate surface area is 196 Å². The first-order valence-corrected chi connectivity index (χ1v) is 11.5. The van der Waals surface area contributed by atoms with Crippen LogP contribution >= 0.6 is 0 Å². The van der Waals surface area contributed by atoms with E-state index in [1.54, 1.807) is 25.4 Å². The summed E-state index contributed by atoms with van der Waals surface area (Å²) in [5, 5.41) is 28.4. The van der Waals surface area contributed by atoms with E-state index in [-0.39, 0.29) is 17.3 Å². The Balaban J connectivity index is 1.66. The topological polar surface area (TPSA) is 148 Å². The van der Waals surface area contributed by atoms with E-state index in [1.807, 2.05) is 18.2 Å². The van der Waals surface area contributed by atoms with Crippen LogP contribution in [0.2, 0.25) is 0 Å². The van der Waals surface area contributed by atoms with Crippen LogP contribution in [0.15, 0.2) is 47.5 Å². The second kappa shape index (κ2) is 11.6. The Morgan fingerprint density at radius 1 is 1.12 bits per heavy atom. The highest BCUT2D eigenvalue weighted by Gasteiger charge is 2.18. The van der Waals surface area contributed by atoms with Crippen molar-refractivity contribution in [3.05, 3.63) is 64.7 Å². The van der Waals surface area contributed by atoms with Crippen LogP contribution in [0, 0.1) is 16.2 Å². The highest BCUT2D eigenvalue weighted by molar-refractivity contribution is 6.47. The summed E-state index contributed by atoms with van der Waals surface area (Å²) in [6, 6.07) is 14.4. The van der Waals surface area contributed by atoms with E-state index < -0.39 is 0 Å². The lowest BCUT2D eigenvalue weighted by Gasteiger charge is -2.27. The molecule has 0 amide bonds. The average Bonchev–Trinajstić information content (AvgIpc) is 2.82. The number of anilines is 1. The summed E-state index contributed by atoms with van der Waals surface area (Å²) in [7, 11) is 1.67. The Kier molecular flexibility index (Phi) is 8.63. The predicted molar refractivity (Wildman–Crippen MR) is 139 cm³/mol. The number of nitrogens with two attached hydrogens (primary N) is 2. The second-order valence-corrected chi connectivity index (χ2v) is 8.79. The molecule has 0 saturated heterocycles. The van der Waals surface area contributed by atoms with Gasteiger partial charge in [0.2, 0.25) is 0 Å². The Bertz CT molecular complexity index is 1020. The fourth-order valence-corrected chi connectivity index (χ4v) is 4.27. The normalized spacial score (nSPS) is 19.3. The molecule has 0 radical (unpaired) electrons. The van der Waals surface area contributed by atoms with Crippen LogP contribution in [0.1, 0.15) is 53.9 Å². The molecule has 1 saturated carbocycles. The first kappa shape index (κ1) is 24.5. The molecule has 0 aromatic heterocycles. The summed E-state index contributed by atoms with van der Waals surface area (Å²) in [5.74, 6) is -0.277. The van der Waals surface area contributed by atoms with Crippen molar-refractivity contribution in [3.8, 4) is 0 Å². The van der Waals surface area contributed by atoms with Gasteiger partial charge >= 0.3 is 0 Å². The maximum absolute atomic E-state index is 8.59. The van der Waals surface area contributed by atoms with Crippen LogP contribution in [-0.2, 0) is 13.0 Å². The first-order chi connectivity index (χ1) is 15.9. The van der Waals surface area contributed by atoms with Gasteiger partial charge in [-0.2, -0.15) is 0 Å². The summed E-state index contributed by atoms with van der Waals surface area (Å²) >= 11 is 0. The SMILES string of the molecule is CN=CC(C=N)c1ccc(N)c(C(=N)C(=N)Cc2cccc(CNC3CCC(N)CC3)c2)c1. The molecule has 1 fully saturated rings. The third-order valence-electron chi connectivity index (χ3n) is 6.26. The van der Waals surface area contributed by atoms with Crippen LogP contribution in [-0.4, -0.2) is 43.0 Å². The van der Waals surface area contributed by atoms with Crippen molar-refractivity contribution >= 4 is 29.5 Å². The summed E-state index contributed by atoms with van der Waals surface area (Å²) in [4.78, 5) is 4.01. The average molecular weight is 446 g/mol. The molecule has 7 heteroatoms. The smallest absolute Gasteiger partial charge is 0.0844 e. The van der Waals surface area contributed by atoms with Gasteiger partial charge in [-0.25, -0.2) is 0 Å². The van der Waals surface area contributed by atoms with E-state index in [9.17, 15) is 0 Å². The van der Waals surface area contributed by atoms with Crippen molar-refractivity contribution in [1.82, 2.24) is 5.32 Å². The van der Waals surface area contributed by atoms with Gasteiger partial charge in [-0.05, 0) is 54.5 Å².